The van der Waals surface area contributed by atoms with Crippen LogP contribution in [0.5, 0.6) is 5.75 Å². The molecule has 2 aliphatic heterocycles. The topological polar surface area (TPSA) is 91.0 Å². The molecule has 4 rings (SSSR count). The molecule has 2 N–H and O–H groups in total. The summed E-state index contributed by atoms with van der Waals surface area (Å²) in [5.41, 5.74) is 3.96. The van der Waals surface area contributed by atoms with Gasteiger partial charge in [-0.15, -0.1) is 0 Å². The molecule has 0 aromatic heterocycles. The van der Waals surface area contributed by atoms with Gasteiger partial charge < -0.3 is 15.0 Å². The standard InChI is InChI=1S/C41H56F2N4O4/c1-7-10-30(11-8-2)39-33(42)22-32(23-34(39)43)41(50)47(18-9-3)26-28(5)21-27(4)25-46-19-16-29(17-20-46)31-12-13-35(37(24-31)51-6)44-36-14-15-38(48)45-40(36)49/h12-13,21-24,29-30,36,44H,4,7-11,14-20,25-26H2,1-3,5-6H3,(H,45,48,49)/b28-21+. The van der Waals surface area contributed by atoms with Crippen LogP contribution in [-0.2, 0) is 9.59 Å². The smallest absolute Gasteiger partial charge is 0.254 e. The number of nitrogens with one attached hydrogen (secondary N) is 2. The highest BCUT2D eigenvalue weighted by atomic mass is 19.1. The number of nitrogens with zero attached hydrogens (tertiary/aromatic N) is 2. The molecule has 2 saturated heterocycles. The number of benzene rings is 2. The number of amides is 3. The maximum Gasteiger partial charge on any atom is 0.254 e. The summed E-state index contributed by atoms with van der Waals surface area (Å²) in [6, 6.07) is 8.02. The quantitative estimate of drug-likeness (QED) is 0.128. The van der Waals surface area contributed by atoms with Gasteiger partial charge in [-0.3, -0.25) is 24.6 Å². The van der Waals surface area contributed by atoms with E-state index in [2.05, 4.69) is 28.2 Å². The van der Waals surface area contributed by atoms with E-state index in [0.29, 0.717) is 57.0 Å². The zero-order valence-corrected chi connectivity index (χ0v) is 31.1. The number of halogens is 2. The molecule has 0 spiro atoms. The molecule has 2 aromatic rings. The van der Waals surface area contributed by atoms with E-state index in [1.165, 1.54) is 17.7 Å². The van der Waals surface area contributed by atoms with E-state index in [4.69, 9.17) is 4.74 Å². The van der Waals surface area contributed by atoms with Crippen LogP contribution < -0.4 is 15.4 Å². The lowest BCUT2D eigenvalue weighted by Gasteiger charge is -2.33. The molecule has 0 bridgehead atoms. The Balaban J connectivity index is 1.32. The zero-order valence-electron chi connectivity index (χ0n) is 31.1. The van der Waals surface area contributed by atoms with Crippen LogP contribution in [0, 0.1) is 11.6 Å². The Morgan fingerprint density at radius 2 is 1.73 bits per heavy atom. The molecule has 8 nitrogen and oxygen atoms in total. The molecule has 2 heterocycles. The van der Waals surface area contributed by atoms with E-state index in [1.807, 2.05) is 45.9 Å². The van der Waals surface area contributed by atoms with Crippen molar-refractivity contribution in [2.24, 2.45) is 0 Å². The minimum Gasteiger partial charge on any atom is -0.495 e. The average molecular weight is 707 g/mol. The van der Waals surface area contributed by atoms with Crippen molar-refractivity contribution in [1.29, 1.82) is 0 Å². The summed E-state index contributed by atoms with van der Waals surface area (Å²) in [6.45, 7) is 15.6. The van der Waals surface area contributed by atoms with Crippen molar-refractivity contribution in [2.75, 3.05) is 45.2 Å². The molecule has 1 atom stereocenters. The fraction of sp³-hybridized carbons (Fsp3) is 0.537. The van der Waals surface area contributed by atoms with E-state index < -0.39 is 17.7 Å². The predicted octanol–water partition coefficient (Wildman–Crippen LogP) is 8.11. The van der Waals surface area contributed by atoms with Gasteiger partial charge in [0.25, 0.3) is 5.91 Å². The number of rotatable bonds is 17. The van der Waals surface area contributed by atoms with Crippen LogP contribution in [0.3, 0.4) is 0 Å². The number of carbonyl (C=O) groups is 3. The molecule has 278 valence electrons. The lowest BCUT2D eigenvalue weighted by Crippen LogP contribution is -2.47. The van der Waals surface area contributed by atoms with Crippen molar-refractivity contribution in [3.8, 4) is 5.75 Å². The summed E-state index contributed by atoms with van der Waals surface area (Å²) in [7, 11) is 1.61. The molecular weight excluding hydrogens is 650 g/mol. The molecule has 2 aliphatic rings. The van der Waals surface area contributed by atoms with Crippen LogP contribution in [0.4, 0.5) is 14.5 Å². The van der Waals surface area contributed by atoms with Crippen molar-refractivity contribution < 1.29 is 27.9 Å². The second-order valence-electron chi connectivity index (χ2n) is 14.2. The molecule has 2 fully saturated rings. The van der Waals surface area contributed by atoms with Gasteiger partial charge in [0.2, 0.25) is 11.8 Å². The highest BCUT2D eigenvalue weighted by Crippen LogP contribution is 2.35. The number of methoxy groups -OCH3 is 1. The van der Waals surface area contributed by atoms with Crippen LogP contribution in [0.25, 0.3) is 0 Å². The van der Waals surface area contributed by atoms with Crippen molar-refractivity contribution in [1.82, 2.24) is 15.1 Å². The summed E-state index contributed by atoms with van der Waals surface area (Å²) in [6.07, 6.45) is 8.52. The fourth-order valence-corrected chi connectivity index (χ4v) is 7.49. The van der Waals surface area contributed by atoms with Crippen molar-refractivity contribution >= 4 is 23.4 Å². The molecule has 3 amide bonds. The normalized spacial score (nSPS) is 17.4. The number of ether oxygens (including phenoxy) is 1. The van der Waals surface area contributed by atoms with Gasteiger partial charge in [0.05, 0.1) is 12.8 Å². The van der Waals surface area contributed by atoms with Crippen LogP contribution in [0.2, 0.25) is 0 Å². The van der Waals surface area contributed by atoms with Crippen LogP contribution in [-0.4, -0.2) is 73.4 Å². The van der Waals surface area contributed by atoms with Gasteiger partial charge in [-0.2, -0.15) is 0 Å². The van der Waals surface area contributed by atoms with Gasteiger partial charge in [0, 0.05) is 37.2 Å². The third kappa shape index (κ3) is 10.7. The van der Waals surface area contributed by atoms with Crippen molar-refractivity contribution in [3.63, 3.8) is 0 Å². The minimum absolute atomic E-state index is 0.0429. The van der Waals surface area contributed by atoms with Gasteiger partial charge in [0.1, 0.15) is 23.4 Å². The molecule has 51 heavy (non-hydrogen) atoms. The number of anilines is 1. The van der Waals surface area contributed by atoms with Gasteiger partial charge in [-0.05, 0) is 106 Å². The summed E-state index contributed by atoms with van der Waals surface area (Å²) in [4.78, 5) is 41.3. The number of piperidine rings is 2. The van der Waals surface area contributed by atoms with Crippen LogP contribution in [0.1, 0.15) is 119 Å². The first-order valence-electron chi connectivity index (χ1n) is 18.6. The summed E-state index contributed by atoms with van der Waals surface area (Å²) in [5, 5.41) is 5.61. The lowest BCUT2D eigenvalue weighted by atomic mass is 9.89. The maximum atomic E-state index is 15.3. The Labute approximate surface area is 302 Å². The number of hydrogen-bond donors (Lipinski definition) is 2. The molecule has 0 aliphatic carbocycles. The Morgan fingerprint density at radius 3 is 2.31 bits per heavy atom. The Morgan fingerprint density at radius 1 is 1.06 bits per heavy atom. The Bertz CT molecular complexity index is 1550. The van der Waals surface area contributed by atoms with E-state index in [1.54, 1.807) is 12.0 Å². The van der Waals surface area contributed by atoms with Crippen molar-refractivity contribution in [2.45, 2.75) is 103 Å². The number of carbonyl (C=O) groups excluding carboxylic acids is 3. The SMILES string of the molecule is C=C(/C=C(\C)CN(CCC)C(=O)c1cc(F)c(C(CCC)CCC)c(F)c1)CN1CCC(c2ccc(NC3CCC(=O)NC3=O)c(OC)c2)CC1. The Kier molecular flexibility index (Phi) is 14.8. The average Bonchev–Trinajstić information content (AvgIpc) is 3.09. The second kappa shape index (κ2) is 19.0. The van der Waals surface area contributed by atoms with E-state index in [-0.39, 0.29) is 34.8 Å². The summed E-state index contributed by atoms with van der Waals surface area (Å²) in [5.74, 6) is -1.36. The highest BCUT2D eigenvalue weighted by molar-refractivity contribution is 6.01. The molecule has 0 radical (unpaired) electrons. The van der Waals surface area contributed by atoms with Crippen molar-refractivity contribution in [3.05, 3.63) is 82.5 Å². The molecule has 0 saturated carbocycles. The largest absolute Gasteiger partial charge is 0.495 e. The van der Waals surface area contributed by atoms with E-state index >= 15 is 8.78 Å². The first-order chi connectivity index (χ1) is 24.5. The van der Waals surface area contributed by atoms with Gasteiger partial charge in [-0.1, -0.05) is 57.9 Å². The number of hydrogen-bond acceptors (Lipinski definition) is 6. The molecule has 10 heteroatoms. The molecular formula is C41H56F2N4O4. The molecule has 1 unspecified atom stereocenters. The highest BCUT2D eigenvalue weighted by Gasteiger charge is 2.28. The minimum atomic E-state index is -0.635. The third-order valence-corrected chi connectivity index (χ3v) is 9.96. The van der Waals surface area contributed by atoms with Crippen LogP contribution in [0.15, 0.2) is 54.1 Å². The maximum absolute atomic E-state index is 15.3. The Hall–Kier alpha value is -4.05. The molecule has 2 aromatic carbocycles. The van der Waals surface area contributed by atoms with Gasteiger partial charge in [0.15, 0.2) is 0 Å². The number of likely N-dealkylation sites (tertiary alicyclic amines) is 1. The third-order valence-electron chi connectivity index (χ3n) is 9.96. The second-order valence-corrected chi connectivity index (χ2v) is 14.2. The first-order valence-corrected chi connectivity index (χ1v) is 18.6. The fourth-order valence-electron chi connectivity index (χ4n) is 7.49. The monoisotopic (exact) mass is 706 g/mol. The van der Waals surface area contributed by atoms with Gasteiger partial charge >= 0.3 is 0 Å². The summed E-state index contributed by atoms with van der Waals surface area (Å²) >= 11 is 0. The van der Waals surface area contributed by atoms with E-state index in [0.717, 1.165) is 62.0 Å². The number of imide groups is 1. The summed E-state index contributed by atoms with van der Waals surface area (Å²) < 4.78 is 36.2. The van der Waals surface area contributed by atoms with Gasteiger partial charge in [-0.25, -0.2) is 8.78 Å². The predicted molar refractivity (Wildman–Crippen MR) is 199 cm³/mol. The van der Waals surface area contributed by atoms with E-state index in [9.17, 15) is 14.4 Å². The lowest BCUT2D eigenvalue weighted by molar-refractivity contribution is -0.133. The van der Waals surface area contributed by atoms with Crippen LogP contribution >= 0.6 is 0 Å². The zero-order chi connectivity index (χ0) is 37.1. The first kappa shape index (κ1) is 39.7.